The molecule has 1 fully saturated rings. The molecule has 10 heteroatoms. The van der Waals surface area contributed by atoms with Gasteiger partial charge in [0, 0.05) is 18.8 Å². The quantitative estimate of drug-likeness (QED) is 0.726. The van der Waals surface area contributed by atoms with Crippen molar-refractivity contribution in [2.75, 3.05) is 31.6 Å². The Labute approximate surface area is 180 Å². The number of halogens is 1. The molecule has 2 aromatic rings. The predicted octanol–water partition coefficient (Wildman–Crippen LogP) is 2.64. The van der Waals surface area contributed by atoms with E-state index in [-0.39, 0.29) is 28.7 Å². The predicted molar refractivity (Wildman–Crippen MR) is 111 cm³/mol. The van der Waals surface area contributed by atoms with Crippen LogP contribution in [-0.2, 0) is 19.6 Å². The van der Waals surface area contributed by atoms with E-state index in [1.807, 2.05) is 6.07 Å². The van der Waals surface area contributed by atoms with Crippen molar-refractivity contribution in [3.05, 3.63) is 53.1 Å². The Morgan fingerprint density at radius 3 is 2.53 bits per heavy atom. The van der Waals surface area contributed by atoms with Crippen LogP contribution in [0.25, 0.3) is 0 Å². The van der Waals surface area contributed by atoms with E-state index in [0.717, 1.165) is 0 Å². The molecule has 0 aliphatic carbocycles. The summed E-state index contributed by atoms with van der Waals surface area (Å²) in [4.78, 5) is 12.4. The molecule has 1 saturated heterocycles. The van der Waals surface area contributed by atoms with Gasteiger partial charge in [-0.15, -0.1) is 0 Å². The molecule has 8 nitrogen and oxygen atoms in total. The van der Waals surface area contributed by atoms with Gasteiger partial charge in [-0.1, -0.05) is 11.6 Å². The van der Waals surface area contributed by atoms with Crippen molar-refractivity contribution in [1.29, 1.82) is 5.26 Å². The molecule has 1 atom stereocenters. The Kier molecular flexibility index (Phi) is 6.95. The van der Waals surface area contributed by atoms with E-state index < -0.39 is 22.0 Å². The van der Waals surface area contributed by atoms with Crippen LogP contribution in [0.5, 0.6) is 5.75 Å². The summed E-state index contributed by atoms with van der Waals surface area (Å²) in [7, 11) is -3.81. The first-order chi connectivity index (χ1) is 14.3. The number of nitriles is 1. The molecule has 3 rings (SSSR count). The first-order valence-corrected chi connectivity index (χ1v) is 11.0. The van der Waals surface area contributed by atoms with Crippen molar-refractivity contribution in [1.82, 2.24) is 4.31 Å². The standard InChI is InChI=1S/C20H20ClN3O5S/c1-14(29-17-5-2-15(13-22)3-6-17)20(25)23-16-4-7-18(21)19(12-16)30(26,27)24-8-10-28-11-9-24/h2-7,12,14H,8-11H2,1H3,(H,23,25). The number of carbonyl (C=O) groups excluding carboxylic acids is 1. The number of amides is 1. The van der Waals surface area contributed by atoms with Crippen molar-refractivity contribution in [2.24, 2.45) is 0 Å². The number of sulfonamides is 1. The van der Waals surface area contributed by atoms with E-state index >= 15 is 0 Å². The zero-order valence-corrected chi connectivity index (χ0v) is 17.7. The second-order valence-corrected chi connectivity index (χ2v) is 8.86. The third-order valence-corrected chi connectivity index (χ3v) is 6.83. The summed E-state index contributed by atoms with van der Waals surface area (Å²) in [5, 5.41) is 11.5. The molecule has 0 aromatic heterocycles. The van der Waals surface area contributed by atoms with E-state index in [0.29, 0.717) is 24.5 Å². The Hall–Kier alpha value is -2.64. The van der Waals surface area contributed by atoms with Gasteiger partial charge >= 0.3 is 0 Å². The fraction of sp³-hybridized carbons (Fsp3) is 0.300. The van der Waals surface area contributed by atoms with Crippen LogP contribution >= 0.6 is 11.6 Å². The molecular weight excluding hydrogens is 430 g/mol. The Morgan fingerprint density at radius 1 is 1.23 bits per heavy atom. The number of benzene rings is 2. The van der Waals surface area contributed by atoms with Gasteiger partial charge in [0.05, 0.1) is 29.9 Å². The van der Waals surface area contributed by atoms with Crippen molar-refractivity contribution >= 4 is 33.2 Å². The van der Waals surface area contributed by atoms with Crippen LogP contribution in [0, 0.1) is 11.3 Å². The molecule has 1 unspecified atom stereocenters. The number of ether oxygens (including phenoxy) is 2. The zero-order valence-electron chi connectivity index (χ0n) is 16.2. The largest absolute Gasteiger partial charge is 0.481 e. The summed E-state index contributed by atoms with van der Waals surface area (Å²) >= 11 is 6.13. The first-order valence-electron chi connectivity index (χ1n) is 9.16. The maximum absolute atomic E-state index is 12.9. The number of hydrogen-bond donors (Lipinski definition) is 1. The van der Waals surface area contributed by atoms with Gasteiger partial charge in [0.25, 0.3) is 5.91 Å². The number of carbonyl (C=O) groups is 1. The molecule has 0 bridgehead atoms. The number of hydrogen-bond acceptors (Lipinski definition) is 6. The van der Waals surface area contributed by atoms with E-state index in [9.17, 15) is 13.2 Å². The fourth-order valence-corrected chi connectivity index (χ4v) is 4.72. The molecule has 0 saturated carbocycles. The normalized spacial score (nSPS) is 15.8. The van der Waals surface area contributed by atoms with Crippen LogP contribution in [0.15, 0.2) is 47.4 Å². The Balaban J connectivity index is 1.72. The maximum Gasteiger partial charge on any atom is 0.265 e. The monoisotopic (exact) mass is 449 g/mol. The van der Waals surface area contributed by atoms with Gasteiger partial charge in [-0.05, 0) is 49.4 Å². The second kappa shape index (κ2) is 9.45. The van der Waals surface area contributed by atoms with Gasteiger partial charge in [-0.25, -0.2) is 8.42 Å². The molecule has 0 spiro atoms. The third kappa shape index (κ3) is 5.09. The molecule has 1 heterocycles. The SMILES string of the molecule is CC(Oc1ccc(C#N)cc1)C(=O)Nc1ccc(Cl)c(S(=O)(=O)N2CCOCC2)c1. The lowest BCUT2D eigenvalue weighted by atomic mass is 10.2. The van der Waals surface area contributed by atoms with Gasteiger partial charge in [0.2, 0.25) is 10.0 Å². The van der Waals surface area contributed by atoms with E-state index in [2.05, 4.69) is 5.32 Å². The summed E-state index contributed by atoms with van der Waals surface area (Å²) in [6.07, 6.45) is -0.854. The average molecular weight is 450 g/mol. The molecule has 1 N–H and O–H groups in total. The molecule has 1 aliphatic heterocycles. The van der Waals surface area contributed by atoms with Gasteiger partial charge in [-0.3, -0.25) is 4.79 Å². The fourth-order valence-electron chi connectivity index (χ4n) is 2.81. The molecule has 1 amide bonds. The Bertz CT molecular complexity index is 1060. The maximum atomic E-state index is 12.9. The summed E-state index contributed by atoms with van der Waals surface area (Å²) in [5.41, 5.74) is 0.765. The average Bonchev–Trinajstić information content (AvgIpc) is 2.76. The van der Waals surface area contributed by atoms with E-state index in [4.69, 9.17) is 26.3 Å². The molecule has 1 aliphatic rings. The molecule has 30 heavy (non-hydrogen) atoms. The van der Waals surface area contributed by atoms with Crippen molar-refractivity contribution in [2.45, 2.75) is 17.9 Å². The number of rotatable bonds is 6. The van der Waals surface area contributed by atoms with Gasteiger partial charge in [-0.2, -0.15) is 9.57 Å². The topological polar surface area (TPSA) is 109 Å². The van der Waals surface area contributed by atoms with Crippen LogP contribution in [0.4, 0.5) is 5.69 Å². The second-order valence-electron chi connectivity index (χ2n) is 6.55. The number of morpholine rings is 1. The summed E-state index contributed by atoms with van der Waals surface area (Å²) in [6, 6.07) is 12.6. The van der Waals surface area contributed by atoms with Crippen molar-refractivity contribution < 1.29 is 22.7 Å². The van der Waals surface area contributed by atoms with Gasteiger partial charge < -0.3 is 14.8 Å². The van der Waals surface area contributed by atoms with Crippen LogP contribution in [-0.4, -0.2) is 51.0 Å². The lowest BCUT2D eigenvalue weighted by Crippen LogP contribution is -2.40. The van der Waals surface area contributed by atoms with Crippen LogP contribution in [0.2, 0.25) is 5.02 Å². The number of anilines is 1. The highest BCUT2D eigenvalue weighted by Crippen LogP contribution is 2.28. The van der Waals surface area contributed by atoms with E-state index in [1.54, 1.807) is 31.2 Å². The zero-order chi connectivity index (χ0) is 21.7. The summed E-state index contributed by atoms with van der Waals surface area (Å²) in [5.74, 6) is -0.0280. The minimum atomic E-state index is -3.81. The Morgan fingerprint density at radius 2 is 1.90 bits per heavy atom. The summed E-state index contributed by atoms with van der Waals surface area (Å²) in [6.45, 7) is 2.68. The van der Waals surface area contributed by atoms with Gasteiger partial charge in [0.1, 0.15) is 10.6 Å². The summed E-state index contributed by atoms with van der Waals surface area (Å²) < 4.78 is 37.9. The minimum Gasteiger partial charge on any atom is -0.481 e. The molecule has 158 valence electrons. The third-order valence-electron chi connectivity index (χ3n) is 4.45. The van der Waals surface area contributed by atoms with Gasteiger partial charge in [0.15, 0.2) is 6.10 Å². The van der Waals surface area contributed by atoms with Crippen molar-refractivity contribution in [3.63, 3.8) is 0 Å². The highest BCUT2D eigenvalue weighted by molar-refractivity contribution is 7.89. The van der Waals surface area contributed by atoms with Crippen LogP contribution in [0.1, 0.15) is 12.5 Å². The lowest BCUT2D eigenvalue weighted by molar-refractivity contribution is -0.122. The number of nitrogens with zero attached hydrogens (tertiary/aromatic N) is 2. The smallest absolute Gasteiger partial charge is 0.265 e. The van der Waals surface area contributed by atoms with E-state index in [1.165, 1.54) is 22.5 Å². The molecule has 0 radical (unpaired) electrons. The lowest BCUT2D eigenvalue weighted by Gasteiger charge is -2.26. The minimum absolute atomic E-state index is 0.0707. The molecule has 2 aromatic carbocycles. The van der Waals surface area contributed by atoms with Crippen molar-refractivity contribution in [3.8, 4) is 11.8 Å². The molecular formula is C20H20ClN3O5S. The number of nitrogens with one attached hydrogen (secondary N) is 1. The highest BCUT2D eigenvalue weighted by Gasteiger charge is 2.29. The first kappa shape index (κ1) is 22.1. The highest BCUT2D eigenvalue weighted by atomic mass is 35.5. The van der Waals surface area contributed by atoms with Crippen LogP contribution in [0.3, 0.4) is 0 Å². The van der Waals surface area contributed by atoms with Crippen LogP contribution < -0.4 is 10.1 Å².